The van der Waals surface area contributed by atoms with Gasteiger partial charge in [-0.1, -0.05) is 13.8 Å². The normalized spacial score (nSPS) is 24.2. The maximum absolute atomic E-state index is 13.7. The molecule has 1 fully saturated rings. The number of unbranched alkanes of at least 4 members (excludes halogenated alkanes) is 2. The standard InChI is InChI=1S/C31H57N11O9/c1-17(2)14-21-28(49)42-23(16-43)30(51)39-19(9-4-6-12-33)26(47)41-22(15-24(44)45)29(50)38-18(8-3-5-11-32)25(46)37-20(27(48)40-21)10-7-13-36-31(34)35/h17-23,43H,3-16,32-33H2,1-2H3,(H,37,46)(H,38,50)(H,39,51)(H,40,48)(H,41,47)(H,42,49)(H,44,45)(H4,34,35,36)/t18-,19?,20?,21-,22-,23-/m1/s1. The van der Waals surface area contributed by atoms with Crippen LogP contribution < -0.4 is 54.8 Å². The summed E-state index contributed by atoms with van der Waals surface area (Å²) in [5.41, 5.74) is 22.0. The van der Waals surface area contributed by atoms with Gasteiger partial charge in [-0.15, -0.1) is 0 Å². The highest BCUT2D eigenvalue weighted by Gasteiger charge is 2.35. The zero-order chi connectivity index (χ0) is 38.5. The number of nitrogens with two attached hydrogens (primary N) is 4. The number of aliphatic carboxylic acids is 1. The lowest BCUT2D eigenvalue weighted by Gasteiger charge is -2.29. The van der Waals surface area contributed by atoms with Gasteiger partial charge in [0.25, 0.3) is 0 Å². The number of nitrogens with zero attached hydrogens (tertiary/aromatic N) is 1. The first-order valence-corrected chi connectivity index (χ1v) is 17.2. The van der Waals surface area contributed by atoms with Crippen molar-refractivity contribution in [3.8, 4) is 0 Å². The van der Waals surface area contributed by atoms with Crippen molar-refractivity contribution in [2.75, 3.05) is 26.2 Å². The molecular formula is C31H57N11O9. The van der Waals surface area contributed by atoms with Gasteiger partial charge in [-0.2, -0.15) is 0 Å². The van der Waals surface area contributed by atoms with E-state index in [4.69, 9.17) is 22.9 Å². The quantitative estimate of drug-likeness (QED) is 0.0384. The maximum Gasteiger partial charge on any atom is 0.305 e. The maximum atomic E-state index is 13.7. The molecule has 16 N–H and O–H groups in total. The lowest BCUT2D eigenvalue weighted by Crippen LogP contribution is -2.62. The fraction of sp³-hybridized carbons (Fsp3) is 0.742. The molecular weight excluding hydrogens is 670 g/mol. The Kier molecular flexibility index (Phi) is 20.7. The Morgan fingerprint density at radius 3 is 1.41 bits per heavy atom. The van der Waals surface area contributed by atoms with Crippen molar-refractivity contribution in [2.24, 2.45) is 33.8 Å². The van der Waals surface area contributed by atoms with E-state index in [0.717, 1.165) is 0 Å². The van der Waals surface area contributed by atoms with Crippen LogP contribution in [0.3, 0.4) is 0 Å². The molecule has 0 spiro atoms. The summed E-state index contributed by atoms with van der Waals surface area (Å²) < 4.78 is 0. The topological polar surface area (TPSA) is 349 Å². The summed E-state index contributed by atoms with van der Waals surface area (Å²) in [6.45, 7) is 3.37. The van der Waals surface area contributed by atoms with Crippen LogP contribution in [0.5, 0.6) is 0 Å². The molecule has 1 rings (SSSR count). The number of hydrogen-bond donors (Lipinski definition) is 12. The number of carbonyl (C=O) groups excluding carboxylic acids is 6. The fourth-order valence-electron chi connectivity index (χ4n) is 5.21. The Bertz CT molecular complexity index is 1210. The van der Waals surface area contributed by atoms with E-state index in [9.17, 15) is 43.8 Å². The SMILES string of the molecule is CC(C)C[C@H]1NC(=O)C(CCCN=C(N)N)NC(=O)[C@@H](CCCCN)NC(=O)[C@@H](CC(=O)O)NC(=O)C(CCCCN)NC(=O)[C@@H](CO)NC1=O. The molecule has 290 valence electrons. The molecule has 1 aliphatic rings. The summed E-state index contributed by atoms with van der Waals surface area (Å²) in [5.74, 6) is -6.98. The third-order valence-electron chi connectivity index (χ3n) is 7.91. The summed E-state index contributed by atoms with van der Waals surface area (Å²) in [6.07, 6.45) is 1.16. The molecule has 0 aliphatic carbocycles. The van der Waals surface area contributed by atoms with E-state index in [-0.39, 0.29) is 63.6 Å². The van der Waals surface area contributed by atoms with Crippen LogP contribution in [0.25, 0.3) is 0 Å². The van der Waals surface area contributed by atoms with Crippen molar-refractivity contribution >= 4 is 47.4 Å². The molecule has 1 saturated heterocycles. The minimum Gasteiger partial charge on any atom is -0.481 e. The Labute approximate surface area is 297 Å². The van der Waals surface area contributed by atoms with Crippen LogP contribution in [-0.2, 0) is 33.6 Å². The van der Waals surface area contributed by atoms with Crippen molar-refractivity contribution in [1.29, 1.82) is 0 Å². The molecule has 1 aliphatic heterocycles. The molecule has 2 unspecified atom stereocenters. The second-order valence-electron chi connectivity index (χ2n) is 12.8. The third-order valence-corrected chi connectivity index (χ3v) is 7.91. The highest BCUT2D eigenvalue weighted by molar-refractivity contribution is 5.99. The number of guanidine groups is 1. The van der Waals surface area contributed by atoms with E-state index in [1.807, 2.05) is 0 Å². The molecule has 20 nitrogen and oxygen atoms in total. The Hall–Kier alpha value is -4.56. The predicted molar refractivity (Wildman–Crippen MR) is 186 cm³/mol. The monoisotopic (exact) mass is 727 g/mol. The number of carboxylic acids is 1. The van der Waals surface area contributed by atoms with Crippen molar-refractivity contribution < 1.29 is 43.8 Å². The predicted octanol–water partition coefficient (Wildman–Crippen LogP) is -4.27. The van der Waals surface area contributed by atoms with Crippen LogP contribution >= 0.6 is 0 Å². The summed E-state index contributed by atoms with van der Waals surface area (Å²) >= 11 is 0. The molecule has 0 radical (unpaired) electrons. The molecule has 0 aromatic heterocycles. The third kappa shape index (κ3) is 17.3. The van der Waals surface area contributed by atoms with Crippen LogP contribution in [0, 0.1) is 5.92 Å². The highest BCUT2D eigenvalue weighted by Crippen LogP contribution is 2.11. The Balaban J connectivity index is 3.71. The van der Waals surface area contributed by atoms with Crippen LogP contribution in [-0.4, -0.2) is 120 Å². The first-order chi connectivity index (χ1) is 24.1. The van der Waals surface area contributed by atoms with Gasteiger partial charge in [-0.05, 0) is 76.8 Å². The molecule has 0 bridgehead atoms. The lowest BCUT2D eigenvalue weighted by molar-refractivity contribution is -0.142. The van der Waals surface area contributed by atoms with Crippen LogP contribution in [0.4, 0.5) is 0 Å². The van der Waals surface area contributed by atoms with Crippen LogP contribution in [0.1, 0.15) is 78.1 Å². The summed E-state index contributed by atoms with van der Waals surface area (Å²) in [6, 6.07) is -8.33. The van der Waals surface area contributed by atoms with E-state index < -0.39 is 90.7 Å². The van der Waals surface area contributed by atoms with Crippen LogP contribution in [0.2, 0.25) is 0 Å². The number of amides is 6. The van der Waals surface area contributed by atoms with E-state index in [2.05, 4.69) is 36.9 Å². The molecule has 0 saturated carbocycles. The average molecular weight is 728 g/mol. The molecule has 0 aromatic carbocycles. The number of rotatable bonds is 17. The number of hydrogen-bond acceptors (Lipinski definition) is 11. The first kappa shape index (κ1) is 44.5. The number of nitrogens with one attached hydrogen (secondary N) is 6. The molecule has 6 amide bonds. The van der Waals surface area contributed by atoms with Crippen molar-refractivity contribution in [3.63, 3.8) is 0 Å². The Morgan fingerprint density at radius 1 is 0.627 bits per heavy atom. The number of aliphatic hydroxyl groups excluding tert-OH is 1. The number of aliphatic hydroxyl groups is 1. The van der Waals surface area contributed by atoms with Gasteiger partial charge in [0.1, 0.15) is 36.3 Å². The minimum atomic E-state index is -1.68. The van der Waals surface area contributed by atoms with Gasteiger partial charge < -0.3 is 65.0 Å². The van der Waals surface area contributed by atoms with Crippen LogP contribution in [0.15, 0.2) is 4.99 Å². The fourth-order valence-corrected chi connectivity index (χ4v) is 5.21. The molecule has 6 atom stereocenters. The molecule has 51 heavy (non-hydrogen) atoms. The van der Waals surface area contributed by atoms with Gasteiger partial charge in [0.2, 0.25) is 35.4 Å². The zero-order valence-electron chi connectivity index (χ0n) is 29.4. The average Bonchev–Trinajstić information content (AvgIpc) is 3.05. The summed E-state index contributed by atoms with van der Waals surface area (Å²) in [5, 5.41) is 34.6. The second-order valence-corrected chi connectivity index (χ2v) is 12.8. The van der Waals surface area contributed by atoms with Gasteiger partial charge in [-0.3, -0.25) is 38.6 Å². The van der Waals surface area contributed by atoms with Crippen molar-refractivity contribution in [2.45, 2.75) is 114 Å². The molecule has 20 heteroatoms. The number of carboxylic acid groups (broad SMARTS) is 1. The van der Waals surface area contributed by atoms with E-state index in [0.29, 0.717) is 25.7 Å². The van der Waals surface area contributed by atoms with Gasteiger partial charge >= 0.3 is 5.97 Å². The van der Waals surface area contributed by atoms with Gasteiger partial charge in [0.05, 0.1) is 13.0 Å². The minimum absolute atomic E-state index is 0.00124. The van der Waals surface area contributed by atoms with Crippen molar-refractivity contribution in [3.05, 3.63) is 0 Å². The van der Waals surface area contributed by atoms with E-state index in [1.165, 1.54) is 0 Å². The van der Waals surface area contributed by atoms with Gasteiger partial charge in [0.15, 0.2) is 5.96 Å². The lowest BCUT2D eigenvalue weighted by atomic mass is 10.0. The summed E-state index contributed by atoms with van der Waals surface area (Å²) in [4.78, 5) is 96.8. The molecule has 1 heterocycles. The Morgan fingerprint density at radius 2 is 1.00 bits per heavy atom. The smallest absolute Gasteiger partial charge is 0.305 e. The second kappa shape index (κ2) is 23.8. The van der Waals surface area contributed by atoms with Gasteiger partial charge in [0, 0.05) is 6.54 Å². The summed E-state index contributed by atoms with van der Waals surface area (Å²) in [7, 11) is 0. The number of carbonyl (C=O) groups is 7. The highest BCUT2D eigenvalue weighted by atomic mass is 16.4. The van der Waals surface area contributed by atoms with Gasteiger partial charge in [-0.25, -0.2) is 0 Å². The van der Waals surface area contributed by atoms with Crippen molar-refractivity contribution in [1.82, 2.24) is 31.9 Å². The number of aliphatic imine (C=N–C) groups is 1. The largest absolute Gasteiger partial charge is 0.481 e. The zero-order valence-corrected chi connectivity index (χ0v) is 29.4. The van der Waals surface area contributed by atoms with E-state index >= 15 is 0 Å². The molecule has 0 aromatic rings. The van der Waals surface area contributed by atoms with E-state index in [1.54, 1.807) is 13.8 Å². The first-order valence-electron chi connectivity index (χ1n) is 17.2.